The summed E-state index contributed by atoms with van der Waals surface area (Å²) in [5, 5.41) is 0. The van der Waals surface area contributed by atoms with Gasteiger partial charge in [-0.15, -0.1) is 11.6 Å². The second-order valence-electron chi connectivity index (χ2n) is 1.99. The molecule has 6 heteroatoms. The Balaban J connectivity index is 4.00. The van der Waals surface area contributed by atoms with Gasteiger partial charge in [-0.3, -0.25) is 0 Å². The maximum absolute atomic E-state index is 12.3. The molecule has 0 saturated carbocycles. The monoisotopic (exact) mass is 256 g/mol. The molecule has 0 saturated heterocycles. The molecule has 11 heavy (non-hydrogen) atoms. The molecule has 0 rings (SSSR count). The molecule has 0 fully saturated rings. The van der Waals surface area contributed by atoms with Crippen LogP contribution in [0.15, 0.2) is 0 Å². The van der Waals surface area contributed by atoms with Crippen molar-refractivity contribution in [2.24, 2.45) is 0 Å². The summed E-state index contributed by atoms with van der Waals surface area (Å²) in [5.74, 6) is -4.06. The highest BCUT2D eigenvalue weighted by atomic mass is 79.9. The highest BCUT2D eigenvalue weighted by Crippen LogP contribution is 2.42. The first-order valence-corrected chi connectivity index (χ1v) is 4.14. The third kappa shape index (κ3) is 3.60. The Labute approximate surface area is 75.0 Å². The van der Waals surface area contributed by atoms with Gasteiger partial charge in [0.15, 0.2) is 0 Å². The van der Waals surface area contributed by atoms with Crippen LogP contribution < -0.4 is 0 Å². The van der Waals surface area contributed by atoms with Crippen molar-refractivity contribution in [1.82, 2.24) is 0 Å². The number of alkyl halides is 6. The third-order valence-electron chi connectivity index (χ3n) is 1.04. The van der Waals surface area contributed by atoms with Crippen LogP contribution in [0.2, 0.25) is 0 Å². The minimum Gasteiger partial charge on any atom is -0.199 e. The van der Waals surface area contributed by atoms with Crippen molar-refractivity contribution in [3.05, 3.63) is 0 Å². The van der Waals surface area contributed by atoms with Crippen molar-refractivity contribution < 1.29 is 17.6 Å². The average Bonchev–Trinajstić information content (AvgIpc) is 1.81. The van der Waals surface area contributed by atoms with Gasteiger partial charge in [-0.05, 0) is 22.4 Å². The lowest BCUT2D eigenvalue weighted by atomic mass is 10.2. The smallest absolute Gasteiger partial charge is 0.199 e. The minimum atomic E-state index is -4.13. The van der Waals surface area contributed by atoms with Gasteiger partial charge >= 0.3 is 10.8 Å². The zero-order valence-corrected chi connectivity index (χ0v) is 7.73. The molecule has 0 aromatic carbocycles. The Morgan fingerprint density at radius 3 is 1.91 bits per heavy atom. The lowest BCUT2D eigenvalue weighted by molar-refractivity contribution is -0.151. The van der Waals surface area contributed by atoms with Gasteiger partial charge in [0.05, 0.1) is 0 Å². The molecule has 0 N–H and O–H groups in total. The summed E-state index contributed by atoms with van der Waals surface area (Å²) in [5.41, 5.74) is 0. The topological polar surface area (TPSA) is 0 Å². The third-order valence-corrected chi connectivity index (χ3v) is 1.89. The summed E-state index contributed by atoms with van der Waals surface area (Å²) in [4.78, 5) is -4.13. The van der Waals surface area contributed by atoms with Gasteiger partial charge in [-0.1, -0.05) is 0 Å². The van der Waals surface area contributed by atoms with E-state index in [2.05, 4.69) is 0 Å². The second kappa shape index (κ2) is 3.94. The van der Waals surface area contributed by atoms with Gasteiger partial charge in [0.1, 0.15) is 0 Å². The van der Waals surface area contributed by atoms with Gasteiger partial charge in [0, 0.05) is 12.3 Å². The zero-order valence-electron chi connectivity index (χ0n) is 5.39. The van der Waals surface area contributed by atoms with Gasteiger partial charge in [-0.2, -0.15) is 17.6 Å². The first-order chi connectivity index (χ1) is 4.81. The number of hydrogen-bond acceptors (Lipinski definition) is 0. The van der Waals surface area contributed by atoms with Crippen molar-refractivity contribution >= 4 is 27.5 Å². The maximum atomic E-state index is 12.3. The van der Waals surface area contributed by atoms with Gasteiger partial charge in [-0.25, -0.2) is 0 Å². The number of rotatable bonds is 4. The Bertz CT molecular complexity index is 122. The Hall–Kier alpha value is 0.490. The van der Waals surface area contributed by atoms with Crippen LogP contribution in [0.3, 0.4) is 0 Å². The Morgan fingerprint density at radius 1 is 1.18 bits per heavy atom. The maximum Gasteiger partial charge on any atom is 0.363 e. The Morgan fingerprint density at radius 2 is 1.64 bits per heavy atom. The molecule has 0 atom stereocenters. The minimum absolute atomic E-state index is 0.0430. The van der Waals surface area contributed by atoms with Crippen molar-refractivity contribution in [1.29, 1.82) is 0 Å². The van der Waals surface area contributed by atoms with Crippen LogP contribution >= 0.6 is 27.5 Å². The van der Waals surface area contributed by atoms with Gasteiger partial charge in [0.25, 0.3) is 0 Å². The molecule has 0 aliphatic carbocycles. The SMILES string of the molecule is FC(F)(Br)C(F)(F)CCCCl. The molecule has 0 aliphatic rings. The fourth-order valence-corrected chi connectivity index (χ4v) is 0.762. The highest BCUT2D eigenvalue weighted by molar-refractivity contribution is 9.10. The van der Waals surface area contributed by atoms with E-state index in [4.69, 9.17) is 11.6 Å². The summed E-state index contributed by atoms with van der Waals surface area (Å²) < 4.78 is 48.4. The molecule has 68 valence electrons. The molecule has 0 aliphatic heterocycles. The molecule has 0 unspecified atom stereocenters. The van der Waals surface area contributed by atoms with Crippen LogP contribution in [-0.2, 0) is 0 Å². The molecule has 0 nitrogen and oxygen atoms in total. The Kier molecular flexibility index (Phi) is 4.11. The quantitative estimate of drug-likeness (QED) is 0.533. The highest BCUT2D eigenvalue weighted by Gasteiger charge is 2.53. The summed E-state index contributed by atoms with van der Waals surface area (Å²) in [6, 6.07) is 0. The standard InChI is InChI=1S/C5H6BrClF4/c6-5(10,11)4(8,9)2-1-3-7/h1-3H2. The lowest BCUT2D eigenvalue weighted by Gasteiger charge is -2.20. The molecule has 0 heterocycles. The molecule has 0 radical (unpaired) electrons. The first kappa shape index (κ1) is 11.5. The van der Waals surface area contributed by atoms with Crippen LogP contribution in [0, 0.1) is 0 Å². The van der Waals surface area contributed by atoms with E-state index < -0.39 is 17.2 Å². The summed E-state index contributed by atoms with van der Waals surface area (Å²) in [6.45, 7) is 0. The van der Waals surface area contributed by atoms with E-state index in [0.29, 0.717) is 0 Å². The lowest BCUT2D eigenvalue weighted by Crippen LogP contribution is -2.34. The first-order valence-electron chi connectivity index (χ1n) is 2.82. The average molecular weight is 257 g/mol. The van der Waals surface area contributed by atoms with E-state index >= 15 is 0 Å². The van der Waals surface area contributed by atoms with Gasteiger partial charge < -0.3 is 0 Å². The van der Waals surface area contributed by atoms with Crippen molar-refractivity contribution in [3.63, 3.8) is 0 Å². The number of hydrogen-bond donors (Lipinski definition) is 0. The van der Waals surface area contributed by atoms with E-state index in [1.54, 1.807) is 15.9 Å². The molecule has 0 bridgehead atoms. The van der Waals surface area contributed by atoms with E-state index in [1.807, 2.05) is 0 Å². The van der Waals surface area contributed by atoms with Gasteiger partial charge in [0.2, 0.25) is 0 Å². The summed E-state index contributed by atoms with van der Waals surface area (Å²) >= 11 is 6.67. The van der Waals surface area contributed by atoms with Crippen LogP contribution in [0.25, 0.3) is 0 Å². The van der Waals surface area contributed by atoms with Crippen molar-refractivity contribution in [3.8, 4) is 0 Å². The molecular weight excluding hydrogens is 251 g/mol. The molecular formula is C5H6BrClF4. The van der Waals surface area contributed by atoms with Crippen molar-refractivity contribution in [2.45, 2.75) is 23.6 Å². The summed E-state index contributed by atoms with van der Waals surface area (Å²) in [6.07, 6.45) is -1.04. The van der Waals surface area contributed by atoms with E-state index in [1.165, 1.54) is 0 Å². The molecule has 0 spiro atoms. The predicted molar refractivity (Wildman–Crippen MR) is 38.8 cm³/mol. The fourth-order valence-electron chi connectivity index (χ4n) is 0.431. The van der Waals surface area contributed by atoms with Crippen molar-refractivity contribution in [2.75, 3.05) is 5.88 Å². The van der Waals surface area contributed by atoms with Crippen LogP contribution in [0.4, 0.5) is 17.6 Å². The van der Waals surface area contributed by atoms with Crippen LogP contribution in [-0.4, -0.2) is 16.6 Å². The van der Waals surface area contributed by atoms with E-state index in [9.17, 15) is 17.6 Å². The fraction of sp³-hybridized carbons (Fsp3) is 1.00. The largest absolute Gasteiger partial charge is 0.363 e. The molecule has 0 aromatic heterocycles. The van der Waals surface area contributed by atoms with E-state index in [-0.39, 0.29) is 12.3 Å². The second-order valence-corrected chi connectivity index (χ2v) is 3.37. The van der Waals surface area contributed by atoms with Crippen LogP contribution in [0.1, 0.15) is 12.8 Å². The van der Waals surface area contributed by atoms with Crippen LogP contribution in [0.5, 0.6) is 0 Å². The summed E-state index contributed by atoms with van der Waals surface area (Å²) in [7, 11) is 0. The zero-order chi connectivity index (χ0) is 9.12. The number of halogens is 6. The predicted octanol–water partition coefficient (Wildman–Crippen LogP) is 3.63. The molecule has 0 aromatic rings. The van der Waals surface area contributed by atoms with E-state index in [0.717, 1.165) is 0 Å². The normalized spacial score (nSPS) is 13.6. The molecule has 0 amide bonds.